The van der Waals surface area contributed by atoms with Crippen LogP contribution in [0.4, 0.5) is 4.39 Å². The van der Waals surface area contributed by atoms with Gasteiger partial charge in [-0.15, -0.1) is 0 Å². The monoisotopic (exact) mass is 406 g/mol. The third-order valence-electron chi connectivity index (χ3n) is 6.25. The molecule has 2 saturated carbocycles. The normalized spacial score (nSPS) is 22.1. The van der Waals surface area contributed by atoms with Crippen LogP contribution in [-0.4, -0.2) is 41.4 Å². The molecule has 154 valence electrons. The standard InChI is InChI=1S/C22H23FN6O/c1-13-27-21-19(29(13)16-4-5-16)10-14(11-24-21)18-8-9-28-20(18)22(25-12-26-28)30-17-6-2-15(23)3-7-17/h8-12,15-17H,2-7H2,1H3. The van der Waals surface area contributed by atoms with E-state index in [-0.39, 0.29) is 6.10 Å². The largest absolute Gasteiger partial charge is 0.473 e. The topological polar surface area (TPSA) is 70.1 Å². The minimum absolute atomic E-state index is 0.0157. The Morgan fingerprint density at radius 1 is 1.10 bits per heavy atom. The predicted octanol–water partition coefficient (Wildman–Crippen LogP) is 4.44. The molecule has 8 heteroatoms. The van der Waals surface area contributed by atoms with E-state index in [0.29, 0.717) is 37.6 Å². The van der Waals surface area contributed by atoms with Crippen molar-refractivity contribution in [3.05, 3.63) is 36.7 Å². The molecular formula is C22H23FN6O. The summed E-state index contributed by atoms with van der Waals surface area (Å²) >= 11 is 0. The number of rotatable bonds is 4. The highest BCUT2D eigenvalue weighted by molar-refractivity contribution is 5.88. The van der Waals surface area contributed by atoms with Gasteiger partial charge in [-0.25, -0.2) is 18.9 Å². The second kappa shape index (κ2) is 6.75. The minimum atomic E-state index is -0.711. The molecule has 0 saturated heterocycles. The van der Waals surface area contributed by atoms with Gasteiger partial charge in [0.15, 0.2) is 5.65 Å². The summed E-state index contributed by atoms with van der Waals surface area (Å²) in [6, 6.07) is 4.70. The van der Waals surface area contributed by atoms with Crippen molar-refractivity contribution >= 4 is 16.7 Å². The first-order valence-corrected chi connectivity index (χ1v) is 10.7. The Hall–Kier alpha value is -3.03. The zero-order valence-corrected chi connectivity index (χ0v) is 16.8. The lowest BCUT2D eigenvalue weighted by molar-refractivity contribution is 0.110. The number of pyridine rings is 1. The maximum absolute atomic E-state index is 13.5. The van der Waals surface area contributed by atoms with E-state index in [1.54, 1.807) is 4.52 Å². The Morgan fingerprint density at radius 2 is 1.93 bits per heavy atom. The highest BCUT2D eigenvalue weighted by Gasteiger charge is 2.28. The van der Waals surface area contributed by atoms with Gasteiger partial charge in [-0.1, -0.05) is 0 Å². The van der Waals surface area contributed by atoms with Gasteiger partial charge in [0.2, 0.25) is 5.88 Å². The summed E-state index contributed by atoms with van der Waals surface area (Å²) < 4.78 is 23.8. The number of aryl methyl sites for hydroxylation is 1. The maximum atomic E-state index is 13.5. The number of halogens is 1. The molecule has 0 spiro atoms. The second-order valence-corrected chi connectivity index (χ2v) is 8.41. The van der Waals surface area contributed by atoms with Gasteiger partial charge in [0.1, 0.15) is 29.9 Å². The van der Waals surface area contributed by atoms with Crippen LogP contribution in [0.25, 0.3) is 27.8 Å². The zero-order chi connectivity index (χ0) is 20.2. The molecule has 2 fully saturated rings. The molecule has 30 heavy (non-hydrogen) atoms. The number of aromatic nitrogens is 6. The highest BCUT2D eigenvalue weighted by atomic mass is 19.1. The molecule has 0 radical (unpaired) electrons. The van der Waals surface area contributed by atoms with Gasteiger partial charge >= 0.3 is 0 Å². The van der Waals surface area contributed by atoms with Crippen molar-refractivity contribution in [1.29, 1.82) is 0 Å². The van der Waals surface area contributed by atoms with Crippen molar-refractivity contribution < 1.29 is 9.13 Å². The van der Waals surface area contributed by atoms with Crippen LogP contribution in [0.2, 0.25) is 0 Å². The second-order valence-electron chi connectivity index (χ2n) is 8.41. The van der Waals surface area contributed by atoms with Crippen molar-refractivity contribution in [2.45, 2.75) is 63.8 Å². The average Bonchev–Trinajstić information content (AvgIpc) is 3.39. The minimum Gasteiger partial charge on any atom is -0.473 e. The van der Waals surface area contributed by atoms with Gasteiger partial charge < -0.3 is 9.30 Å². The molecule has 6 rings (SSSR count). The van der Waals surface area contributed by atoms with E-state index < -0.39 is 6.17 Å². The van der Waals surface area contributed by atoms with Crippen LogP contribution in [0, 0.1) is 6.92 Å². The SMILES string of the molecule is Cc1nc2ncc(-c3ccn4ncnc(OC5CCC(F)CC5)c34)cc2n1C1CC1. The molecule has 4 aromatic rings. The number of imidazole rings is 1. The van der Waals surface area contributed by atoms with Crippen LogP contribution in [0.1, 0.15) is 50.4 Å². The van der Waals surface area contributed by atoms with Gasteiger partial charge in [0.05, 0.1) is 5.52 Å². The Labute approximate surface area is 172 Å². The quantitative estimate of drug-likeness (QED) is 0.501. The van der Waals surface area contributed by atoms with Crippen molar-refractivity contribution in [3.8, 4) is 17.0 Å². The Balaban J connectivity index is 1.43. The van der Waals surface area contributed by atoms with Crippen molar-refractivity contribution in [2.75, 3.05) is 0 Å². The summed E-state index contributed by atoms with van der Waals surface area (Å²) in [5.41, 5.74) is 4.62. The Morgan fingerprint density at radius 3 is 2.73 bits per heavy atom. The van der Waals surface area contributed by atoms with E-state index in [1.807, 2.05) is 25.4 Å². The molecule has 4 heterocycles. The summed E-state index contributed by atoms with van der Waals surface area (Å²) in [5.74, 6) is 1.55. The van der Waals surface area contributed by atoms with Crippen LogP contribution in [0.15, 0.2) is 30.9 Å². The highest BCUT2D eigenvalue weighted by Crippen LogP contribution is 2.39. The summed E-state index contributed by atoms with van der Waals surface area (Å²) in [5, 5.41) is 4.34. The molecule has 0 N–H and O–H groups in total. The number of alkyl halides is 1. The fraction of sp³-hybridized carbons (Fsp3) is 0.455. The Kier molecular flexibility index (Phi) is 4.01. The van der Waals surface area contributed by atoms with Gasteiger partial charge in [0, 0.05) is 29.6 Å². The summed E-state index contributed by atoms with van der Waals surface area (Å²) in [4.78, 5) is 13.7. The average molecular weight is 406 g/mol. The predicted molar refractivity (Wildman–Crippen MR) is 110 cm³/mol. The molecule has 0 unspecified atom stereocenters. The molecule has 7 nitrogen and oxygen atoms in total. The van der Waals surface area contributed by atoms with E-state index in [0.717, 1.165) is 33.6 Å². The third kappa shape index (κ3) is 2.93. The fourth-order valence-electron chi connectivity index (χ4n) is 4.58. The van der Waals surface area contributed by atoms with Gasteiger partial charge in [-0.05, 0) is 57.6 Å². The maximum Gasteiger partial charge on any atom is 0.242 e. The lowest BCUT2D eigenvalue weighted by atomic mass is 9.96. The van der Waals surface area contributed by atoms with Crippen LogP contribution in [0.5, 0.6) is 5.88 Å². The smallest absolute Gasteiger partial charge is 0.242 e. The summed E-state index contributed by atoms with van der Waals surface area (Å²) in [6.45, 7) is 2.04. The fourth-order valence-corrected chi connectivity index (χ4v) is 4.58. The van der Waals surface area contributed by atoms with Crippen LogP contribution < -0.4 is 4.74 Å². The zero-order valence-electron chi connectivity index (χ0n) is 16.8. The first-order chi connectivity index (χ1) is 14.7. The first kappa shape index (κ1) is 17.8. The molecule has 2 aliphatic carbocycles. The molecule has 0 aliphatic heterocycles. The molecule has 4 aromatic heterocycles. The van der Waals surface area contributed by atoms with Crippen molar-refractivity contribution in [3.63, 3.8) is 0 Å². The van der Waals surface area contributed by atoms with E-state index >= 15 is 0 Å². The number of hydrogen-bond donors (Lipinski definition) is 0. The Bertz CT molecular complexity index is 1240. The van der Waals surface area contributed by atoms with Crippen LogP contribution >= 0.6 is 0 Å². The number of ether oxygens (including phenoxy) is 1. The third-order valence-corrected chi connectivity index (χ3v) is 6.25. The summed E-state index contributed by atoms with van der Waals surface area (Å²) in [6.07, 6.45) is 9.43. The molecule has 0 aromatic carbocycles. The lowest BCUT2D eigenvalue weighted by Crippen LogP contribution is -2.25. The molecule has 0 amide bonds. The lowest BCUT2D eigenvalue weighted by Gasteiger charge is -2.24. The van der Waals surface area contributed by atoms with E-state index in [2.05, 4.69) is 30.7 Å². The van der Waals surface area contributed by atoms with E-state index in [9.17, 15) is 4.39 Å². The number of nitrogens with zero attached hydrogens (tertiary/aromatic N) is 6. The van der Waals surface area contributed by atoms with Gasteiger partial charge in [0.25, 0.3) is 0 Å². The van der Waals surface area contributed by atoms with Crippen LogP contribution in [-0.2, 0) is 0 Å². The van der Waals surface area contributed by atoms with Crippen LogP contribution in [0.3, 0.4) is 0 Å². The molecule has 2 aliphatic rings. The summed E-state index contributed by atoms with van der Waals surface area (Å²) in [7, 11) is 0. The molecule has 0 atom stereocenters. The number of hydrogen-bond acceptors (Lipinski definition) is 5. The van der Waals surface area contributed by atoms with Gasteiger partial charge in [-0.3, -0.25) is 0 Å². The first-order valence-electron chi connectivity index (χ1n) is 10.7. The van der Waals surface area contributed by atoms with Crippen molar-refractivity contribution in [1.82, 2.24) is 29.1 Å². The number of fused-ring (bicyclic) bond motifs is 2. The molecular weight excluding hydrogens is 383 g/mol. The van der Waals surface area contributed by atoms with E-state index in [1.165, 1.54) is 19.2 Å². The van der Waals surface area contributed by atoms with E-state index in [4.69, 9.17) is 4.74 Å². The van der Waals surface area contributed by atoms with Gasteiger partial charge in [-0.2, -0.15) is 10.1 Å². The molecule has 0 bridgehead atoms. The van der Waals surface area contributed by atoms with Crippen molar-refractivity contribution in [2.24, 2.45) is 0 Å².